The molecule has 0 radical (unpaired) electrons. The number of aromatic amines is 1. The number of nitrogens with one attached hydrogen (secondary N) is 3. The molecule has 5 rings (SSSR count). The van der Waals surface area contributed by atoms with Gasteiger partial charge in [-0.25, -0.2) is 4.98 Å². The predicted octanol–water partition coefficient (Wildman–Crippen LogP) is 4.76. The summed E-state index contributed by atoms with van der Waals surface area (Å²) in [6, 6.07) is 14.1. The number of amides is 1. The number of carbonyl (C=O) groups excluding carboxylic acids is 2. The summed E-state index contributed by atoms with van der Waals surface area (Å²) in [7, 11) is 0. The van der Waals surface area contributed by atoms with Crippen LogP contribution in [0.15, 0.2) is 60.9 Å². The van der Waals surface area contributed by atoms with Crippen molar-refractivity contribution in [3.05, 3.63) is 77.1 Å². The van der Waals surface area contributed by atoms with Gasteiger partial charge < -0.3 is 30.2 Å². The zero-order valence-corrected chi connectivity index (χ0v) is 20.5. The van der Waals surface area contributed by atoms with Crippen molar-refractivity contribution in [1.82, 2.24) is 9.97 Å². The molecular formula is C27H25ClN4O5. The number of anilines is 2. The van der Waals surface area contributed by atoms with Crippen LogP contribution in [0.25, 0.3) is 11.0 Å². The first kappa shape index (κ1) is 24.8. The van der Waals surface area contributed by atoms with Crippen LogP contribution < -0.4 is 15.4 Å². The first-order valence-corrected chi connectivity index (χ1v) is 12.2. The van der Waals surface area contributed by atoms with Crippen LogP contribution >= 0.6 is 11.6 Å². The van der Waals surface area contributed by atoms with E-state index in [1.807, 2.05) is 30.3 Å². The Bertz CT molecular complexity index is 1420. The van der Waals surface area contributed by atoms with E-state index in [4.69, 9.17) is 21.1 Å². The van der Waals surface area contributed by atoms with Gasteiger partial charge in [0, 0.05) is 23.9 Å². The molecule has 1 saturated heterocycles. The summed E-state index contributed by atoms with van der Waals surface area (Å²) in [5.74, 6) is 0.853. The normalized spacial score (nSPS) is 17.4. The van der Waals surface area contributed by atoms with Crippen molar-refractivity contribution in [1.29, 1.82) is 0 Å². The van der Waals surface area contributed by atoms with E-state index in [0.717, 1.165) is 6.42 Å². The lowest BCUT2D eigenvalue weighted by Crippen LogP contribution is -2.36. The molecule has 2 atom stereocenters. The van der Waals surface area contributed by atoms with Gasteiger partial charge in [-0.15, -0.1) is 0 Å². The minimum Gasteiger partial charge on any atom is -0.457 e. The molecule has 0 unspecified atom stereocenters. The second kappa shape index (κ2) is 11.0. The Labute approximate surface area is 217 Å². The van der Waals surface area contributed by atoms with Gasteiger partial charge in [-0.1, -0.05) is 29.8 Å². The average molecular weight is 521 g/mol. The van der Waals surface area contributed by atoms with Crippen LogP contribution in [-0.4, -0.2) is 52.6 Å². The molecule has 1 aliphatic heterocycles. The number of benzene rings is 2. The highest BCUT2D eigenvalue weighted by Crippen LogP contribution is 2.36. The third kappa shape index (κ3) is 5.29. The van der Waals surface area contributed by atoms with E-state index < -0.39 is 0 Å². The fourth-order valence-corrected chi connectivity index (χ4v) is 4.64. The van der Waals surface area contributed by atoms with Crippen molar-refractivity contribution in [3.8, 4) is 11.5 Å². The van der Waals surface area contributed by atoms with E-state index in [1.54, 1.807) is 24.4 Å². The minimum absolute atomic E-state index is 0.0312. The van der Waals surface area contributed by atoms with E-state index in [-0.39, 0.29) is 29.6 Å². The van der Waals surface area contributed by atoms with Crippen molar-refractivity contribution >= 4 is 46.2 Å². The summed E-state index contributed by atoms with van der Waals surface area (Å²) in [6.45, 7) is 0.342. The Morgan fingerprint density at radius 3 is 2.73 bits per heavy atom. The molecule has 0 spiro atoms. The van der Waals surface area contributed by atoms with Gasteiger partial charge in [0.2, 0.25) is 6.41 Å². The Kier molecular flexibility index (Phi) is 7.36. The smallest absolute Gasteiger partial charge is 0.211 e. The fourth-order valence-electron chi connectivity index (χ4n) is 4.38. The largest absolute Gasteiger partial charge is 0.457 e. The summed E-state index contributed by atoms with van der Waals surface area (Å²) in [4.78, 5) is 32.4. The highest BCUT2D eigenvalue weighted by molar-refractivity contribution is 6.36. The summed E-state index contributed by atoms with van der Waals surface area (Å²) in [6.07, 6.45) is 4.90. The molecule has 1 fully saturated rings. The number of aliphatic hydroxyl groups excluding tert-OH is 1. The number of carbonyl (C=O) groups is 2. The lowest BCUT2D eigenvalue weighted by Gasteiger charge is -2.30. The number of fused-ring (bicyclic) bond motifs is 1. The molecule has 4 N–H and O–H groups in total. The quantitative estimate of drug-likeness (QED) is 0.185. The van der Waals surface area contributed by atoms with Crippen molar-refractivity contribution in [3.63, 3.8) is 0 Å². The SMILES string of the molecule is O=CNc1cnc2[nH]cc(C(=O)c3ccc(Oc4ccccc4)cc3Cl)c2c1N[C@H]1CC[C@@H](CO)OC1. The van der Waals surface area contributed by atoms with Gasteiger partial charge >= 0.3 is 0 Å². The summed E-state index contributed by atoms with van der Waals surface area (Å²) >= 11 is 6.52. The molecule has 37 heavy (non-hydrogen) atoms. The number of nitrogens with zero attached hydrogens (tertiary/aromatic N) is 1. The van der Waals surface area contributed by atoms with Crippen LogP contribution in [0.1, 0.15) is 28.8 Å². The second-order valence-corrected chi connectivity index (χ2v) is 9.08. The molecule has 9 nitrogen and oxygen atoms in total. The summed E-state index contributed by atoms with van der Waals surface area (Å²) in [5.41, 5.74) is 2.11. The number of hydrogen-bond acceptors (Lipinski definition) is 7. The molecule has 0 bridgehead atoms. The number of ether oxygens (including phenoxy) is 2. The lowest BCUT2D eigenvalue weighted by atomic mass is 10.0. The van der Waals surface area contributed by atoms with Crippen LogP contribution in [-0.2, 0) is 9.53 Å². The molecule has 2 aromatic heterocycles. The maximum atomic E-state index is 13.7. The number of pyridine rings is 1. The van der Waals surface area contributed by atoms with E-state index in [9.17, 15) is 14.7 Å². The molecule has 1 amide bonds. The monoisotopic (exact) mass is 520 g/mol. The van der Waals surface area contributed by atoms with E-state index in [1.165, 1.54) is 6.20 Å². The molecule has 1 aliphatic rings. The fraction of sp³-hybridized carbons (Fsp3) is 0.222. The van der Waals surface area contributed by atoms with Gasteiger partial charge in [-0.05, 0) is 37.1 Å². The van der Waals surface area contributed by atoms with Gasteiger partial charge in [-0.2, -0.15) is 0 Å². The number of aliphatic hydroxyl groups is 1. The Morgan fingerprint density at radius 1 is 1.19 bits per heavy atom. The third-order valence-corrected chi connectivity index (χ3v) is 6.56. The molecule has 0 aliphatic carbocycles. The number of ketones is 1. The van der Waals surface area contributed by atoms with Crippen molar-refractivity contribution < 1.29 is 24.2 Å². The van der Waals surface area contributed by atoms with Crippen LogP contribution in [0.4, 0.5) is 11.4 Å². The van der Waals surface area contributed by atoms with Crippen LogP contribution in [0, 0.1) is 0 Å². The maximum absolute atomic E-state index is 13.7. The van der Waals surface area contributed by atoms with Crippen LogP contribution in [0.5, 0.6) is 11.5 Å². The highest BCUT2D eigenvalue weighted by Gasteiger charge is 2.26. The number of H-pyrrole nitrogens is 1. The van der Waals surface area contributed by atoms with Gasteiger partial charge in [0.15, 0.2) is 5.78 Å². The first-order valence-electron chi connectivity index (χ1n) is 11.8. The third-order valence-electron chi connectivity index (χ3n) is 6.25. The van der Waals surface area contributed by atoms with Crippen molar-refractivity contribution in [2.45, 2.75) is 25.0 Å². The number of hydrogen-bond donors (Lipinski definition) is 4. The number of aromatic nitrogens is 2. The van der Waals surface area contributed by atoms with E-state index >= 15 is 0 Å². The second-order valence-electron chi connectivity index (χ2n) is 8.68. The molecule has 3 heterocycles. The van der Waals surface area contributed by atoms with Gasteiger partial charge in [0.1, 0.15) is 17.1 Å². The number of para-hydroxylation sites is 1. The molecule has 10 heteroatoms. The van der Waals surface area contributed by atoms with Gasteiger partial charge in [0.25, 0.3) is 0 Å². The first-order chi connectivity index (χ1) is 18.1. The van der Waals surface area contributed by atoms with Crippen LogP contribution in [0.3, 0.4) is 0 Å². The maximum Gasteiger partial charge on any atom is 0.211 e. The van der Waals surface area contributed by atoms with Crippen LogP contribution in [0.2, 0.25) is 5.02 Å². The molecule has 190 valence electrons. The molecular weight excluding hydrogens is 496 g/mol. The van der Waals surface area contributed by atoms with Crippen molar-refractivity contribution in [2.24, 2.45) is 0 Å². The average Bonchev–Trinajstić information content (AvgIpc) is 3.35. The number of halogens is 1. The Hall–Kier alpha value is -3.92. The van der Waals surface area contributed by atoms with E-state index in [0.29, 0.717) is 64.5 Å². The Morgan fingerprint density at radius 2 is 2.03 bits per heavy atom. The lowest BCUT2D eigenvalue weighted by molar-refractivity contribution is -0.105. The van der Waals surface area contributed by atoms with E-state index in [2.05, 4.69) is 20.6 Å². The minimum atomic E-state index is -0.309. The number of rotatable bonds is 9. The molecule has 4 aromatic rings. The zero-order chi connectivity index (χ0) is 25.8. The van der Waals surface area contributed by atoms with Gasteiger partial charge in [0.05, 0.1) is 52.9 Å². The van der Waals surface area contributed by atoms with Crippen molar-refractivity contribution in [2.75, 3.05) is 23.8 Å². The predicted molar refractivity (Wildman–Crippen MR) is 141 cm³/mol. The topological polar surface area (TPSA) is 126 Å². The summed E-state index contributed by atoms with van der Waals surface area (Å²) < 4.78 is 11.5. The summed E-state index contributed by atoms with van der Waals surface area (Å²) in [5, 5.41) is 16.2. The standard InChI is InChI=1S/C27H25ClN4O5/c28-22-10-18(37-17-4-2-1-3-5-17)8-9-20(22)26(35)21-11-29-27-24(21)25(23(12-30-27)31-15-34)32-16-6-7-19(13-33)36-14-16/h1-5,8-12,15-16,19,33H,6-7,13-14H2,(H,31,34)(H2,29,30,32)/t16-,19-/m0/s1. The highest BCUT2D eigenvalue weighted by atomic mass is 35.5. The zero-order valence-electron chi connectivity index (χ0n) is 19.7. The Balaban J connectivity index is 1.47. The molecule has 2 aromatic carbocycles. The van der Waals surface area contributed by atoms with Gasteiger partial charge in [-0.3, -0.25) is 9.59 Å². The molecule has 0 saturated carbocycles.